The van der Waals surface area contributed by atoms with Crippen molar-refractivity contribution in [1.29, 1.82) is 0 Å². The van der Waals surface area contributed by atoms with E-state index >= 15 is 0 Å². The predicted octanol–water partition coefficient (Wildman–Crippen LogP) is 1.73. The lowest BCUT2D eigenvalue weighted by Gasteiger charge is -2.29. The zero-order chi connectivity index (χ0) is 25.3. The number of hydrogen-bond donors (Lipinski definition) is 2. The van der Waals surface area contributed by atoms with Gasteiger partial charge in [-0.05, 0) is 12.3 Å². The van der Waals surface area contributed by atoms with E-state index in [0.29, 0.717) is 17.4 Å². The van der Waals surface area contributed by atoms with Crippen molar-refractivity contribution in [2.75, 3.05) is 27.7 Å². The number of nitrogens with one attached hydrogen (secondary N) is 1. The number of carbonyl (C=O) groups excluding carboxylic acids is 3. The van der Waals surface area contributed by atoms with Crippen LogP contribution in [0.2, 0.25) is 0 Å². The minimum absolute atomic E-state index is 0.0357. The number of carbonyl (C=O) groups is 4. The molecule has 0 saturated carbocycles. The molecule has 0 fully saturated rings. The van der Waals surface area contributed by atoms with Crippen LogP contribution in [0.15, 0.2) is 0 Å². The second kappa shape index (κ2) is 17.4. The molecule has 0 radical (unpaired) electrons. The quantitative estimate of drug-likeness (QED) is 0.216. The van der Waals surface area contributed by atoms with E-state index < -0.39 is 24.1 Å². The summed E-state index contributed by atoms with van der Waals surface area (Å²) in [6.45, 7) is 7.62. The number of rotatable bonds is 15. The monoisotopic (exact) mass is 460 g/mol. The summed E-state index contributed by atoms with van der Waals surface area (Å²) in [6.07, 6.45) is 5.56. The maximum absolute atomic E-state index is 11.7. The number of carboxylic acids is 2. The largest absolute Gasteiger partial charge is 0.550 e. The topological polar surface area (TPSA) is 133 Å². The second-order valence-electron chi connectivity index (χ2n) is 9.23. The molecule has 3 atom stereocenters. The molecule has 0 aromatic carbocycles. The Bertz CT molecular complexity index is 573. The normalized spacial score (nSPS) is 13.7. The van der Waals surface area contributed by atoms with Gasteiger partial charge in [0.25, 0.3) is 0 Å². The minimum atomic E-state index is -1.18. The van der Waals surface area contributed by atoms with E-state index in [-0.39, 0.29) is 24.2 Å². The molecule has 1 unspecified atom stereocenters. The van der Waals surface area contributed by atoms with Gasteiger partial charge in [0.15, 0.2) is 6.10 Å². The first kappa shape index (κ1) is 32.0. The highest BCUT2D eigenvalue weighted by Crippen LogP contribution is 2.10. The van der Waals surface area contributed by atoms with Gasteiger partial charge in [0.2, 0.25) is 5.91 Å². The average Bonchev–Trinajstić information content (AvgIpc) is 2.63. The summed E-state index contributed by atoms with van der Waals surface area (Å²) in [6, 6.07) is -0.757. The van der Waals surface area contributed by atoms with Crippen LogP contribution in [0, 0.1) is 5.92 Å². The van der Waals surface area contributed by atoms with Gasteiger partial charge in [-0.3, -0.25) is 9.59 Å². The van der Waals surface area contributed by atoms with Crippen LogP contribution in [0.1, 0.15) is 79.1 Å². The van der Waals surface area contributed by atoms with Gasteiger partial charge < -0.3 is 29.5 Å². The van der Waals surface area contributed by atoms with Crippen LogP contribution in [-0.2, 0) is 23.9 Å². The Balaban J connectivity index is 0. The molecular weight excluding hydrogens is 416 g/mol. The molecule has 0 rings (SSSR count). The number of carboxylic acid groups (broad SMARTS) is 2. The number of unbranched alkanes of at least 4 members (excludes halogenated alkanes) is 4. The van der Waals surface area contributed by atoms with Crippen LogP contribution < -0.4 is 10.4 Å². The number of aliphatic carboxylic acids is 2. The highest BCUT2D eigenvalue weighted by molar-refractivity contribution is 5.82. The third-order valence-corrected chi connectivity index (χ3v) is 4.77. The van der Waals surface area contributed by atoms with Gasteiger partial charge in [0, 0.05) is 25.7 Å². The number of esters is 1. The Hall–Kier alpha value is -2.16. The third-order valence-electron chi connectivity index (χ3n) is 4.77. The number of quaternary nitrogens is 1. The zero-order valence-electron chi connectivity index (χ0n) is 20.9. The highest BCUT2D eigenvalue weighted by Gasteiger charge is 2.24. The standard InChI is InChI=1S/C15H29NO4.C8H15NO3/c1-5-6-7-8-9-10-15(19)20-13(11-14(17)18)12-16(2,3)4;1-4-5(2)7(8(11)12)9-6(3)10/h13H,5-12H2,1-4H3;5,7H,4H2,1-3H3,(H,9,10)(H,11,12)/t;5-,7-/m.0/s1. The van der Waals surface area contributed by atoms with Crippen molar-refractivity contribution in [3.8, 4) is 0 Å². The molecule has 9 heteroatoms. The van der Waals surface area contributed by atoms with Crippen LogP contribution >= 0.6 is 0 Å². The van der Waals surface area contributed by atoms with E-state index in [1.54, 1.807) is 6.92 Å². The van der Waals surface area contributed by atoms with Crippen molar-refractivity contribution in [2.45, 2.75) is 91.2 Å². The van der Waals surface area contributed by atoms with Gasteiger partial charge in [-0.25, -0.2) is 4.79 Å². The van der Waals surface area contributed by atoms with Gasteiger partial charge in [0.05, 0.1) is 21.1 Å². The van der Waals surface area contributed by atoms with E-state index in [2.05, 4.69) is 12.2 Å². The molecule has 188 valence electrons. The number of likely N-dealkylation sites (N-methyl/N-ethyl adjacent to an activating group) is 1. The van der Waals surface area contributed by atoms with Crippen LogP contribution in [-0.4, -0.2) is 73.2 Å². The Morgan fingerprint density at radius 2 is 1.59 bits per heavy atom. The summed E-state index contributed by atoms with van der Waals surface area (Å²) >= 11 is 0. The molecule has 0 aliphatic rings. The molecule has 1 amide bonds. The Morgan fingerprint density at radius 1 is 1.03 bits per heavy atom. The first-order chi connectivity index (χ1) is 14.7. The first-order valence-electron chi connectivity index (χ1n) is 11.4. The van der Waals surface area contributed by atoms with E-state index in [4.69, 9.17) is 9.84 Å². The fourth-order valence-electron chi connectivity index (χ4n) is 2.96. The van der Waals surface area contributed by atoms with E-state index in [1.807, 2.05) is 28.1 Å². The van der Waals surface area contributed by atoms with Crippen molar-refractivity contribution in [1.82, 2.24) is 5.32 Å². The molecule has 0 spiro atoms. The average molecular weight is 461 g/mol. The van der Waals surface area contributed by atoms with Crippen molar-refractivity contribution in [3.63, 3.8) is 0 Å². The van der Waals surface area contributed by atoms with Crippen molar-refractivity contribution in [2.24, 2.45) is 5.92 Å². The highest BCUT2D eigenvalue weighted by atomic mass is 16.5. The zero-order valence-corrected chi connectivity index (χ0v) is 20.9. The molecule has 9 nitrogen and oxygen atoms in total. The summed E-state index contributed by atoms with van der Waals surface area (Å²) in [5.41, 5.74) is 0. The molecule has 0 aliphatic carbocycles. The Kier molecular flexibility index (Phi) is 17.4. The summed E-state index contributed by atoms with van der Waals surface area (Å²) < 4.78 is 5.81. The smallest absolute Gasteiger partial charge is 0.326 e. The van der Waals surface area contributed by atoms with E-state index in [0.717, 1.165) is 25.7 Å². The maximum Gasteiger partial charge on any atom is 0.326 e. The molecule has 0 saturated heterocycles. The number of nitrogens with zero attached hydrogens (tertiary/aromatic N) is 1. The van der Waals surface area contributed by atoms with Gasteiger partial charge in [0.1, 0.15) is 12.6 Å². The minimum Gasteiger partial charge on any atom is -0.550 e. The molecule has 32 heavy (non-hydrogen) atoms. The molecule has 0 aromatic heterocycles. The summed E-state index contributed by atoms with van der Waals surface area (Å²) in [5, 5.41) is 21.8. The van der Waals surface area contributed by atoms with Crippen LogP contribution in [0.25, 0.3) is 0 Å². The molecule has 0 heterocycles. The fourth-order valence-corrected chi connectivity index (χ4v) is 2.96. The molecule has 2 N–H and O–H groups in total. The number of hydrogen-bond acceptors (Lipinski definition) is 6. The van der Waals surface area contributed by atoms with Gasteiger partial charge in [-0.1, -0.05) is 52.9 Å². The lowest BCUT2D eigenvalue weighted by molar-refractivity contribution is -0.873. The SMILES string of the molecule is CCCCCCCC(=O)OC(CC(=O)[O-])C[N+](C)(C)C.CC[C@H](C)[C@H](NC(C)=O)C(=O)O. The second-order valence-corrected chi connectivity index (χ2v) is 9.23. The molecular formula is C23H44N2O7. The van der Waals surface area contributed by atoms with E-state index in [1.165, 1.54) is 19.8 Å². The Labute approximate surface area is 193 Å². The summed E-state index contributed by atoms with van der Waals surface area (Å²) in [4.78, 5) is 43.6. The number of amides is 1. The maximum atomic E-state index is 11.7. The number of ether oxygens (including phenoxy) is 1. The van der Waals surface area contributed by atoms with E-state index in [9.17, 15) is 24.3 Å². The molecule has 0 bridgehead atoms. The fraction of sp³-hybridized carbons (Fsp3) is 0.826. The predicted molar refractivity (Wildman–Crippen MR) is 120 cm³/mol. The Morgan fingerprint density at radius 3 is 2.00 bits per heavy atom. The molecule has 0 aromatic rings. The first-order valence-corrected chi connectivity index (χ1v) is 11.4. The van der Waals surface area contributed by atoms with Crippen LogP contribution in [0.5, 0.6) is 0 Å². The molecule has 0 aliphatic heterocycles. The van der Waals surface area contributed by atoms with Gasteiger partial charge >= 0.3 is 11.9 Å². The lowest BCUT2D eigenvalue weighted by atomic mass is 9.99. The van der Waals surface area contributed by atoms with Crippen molar-refractivity contribution >= 4 is 23.8 Å². The van der Waals surface area contributed by atoms with Crippen molar-refractivity contribution < 1.29 is 38.6 Å². The summed E-state index contributed by atoms with van der Waals surface area (Å²) in [5.74, 6) is -2.80. The van der Waals surface area contributed by atoms with Crippen LogP contribution in [0.4, 0.5) is 0 Å². The van der Waals surface area contributed by atoms with Crippen molar-refractivity contribution in [3.05, 3.63) is 0 Å². The third kappa shape index (κ3) is 19.8. The van der Waals surface area contributed by atoms with Gasteiger partial charge in [-0.2, -0.15) is 0 Å². The van der Waals surface area contributed by atoms with Crippen LogP contribution in [0.3, 0.4) is 0 Å². The van der Waals surface area contributed by atoms with Gasteiger partial charge in [-0.15, -0.1) is 0 Å². The lowest BCUT2D eigenvalue weighted by Crippen LogP contribution is -2.45. The summed E-state index contributed by atoms with van der Waals surface area (Å²) in [7, 11) is 5.79.